The number of hydrogen-bond acceptors (Lipinski definition) is 4. The first-order chi connectivity index (χ1) is 11.1. The predicted molar refractivity (Wildman–Crippen MR) is 85.4 cm³/mol. The SMILES string of the molecule is Cn1cc(CN2CC[C@@]3(CCCN(CCO)C3=O)C2)cc1C#N. The molecule has 1 aromatic rings. The molecule has 124 valence electrons. The highest BCUT2D eigenvalue weighted by atomic mass is 16.3. The van der Waals surface area contributed by atoms with E-state index >= 15 is 0 Å². The molecule has 23 heavy (non-hydrogen) atoms. The van der Waals surface area contributed by atoms with Crippen LogP contribution in [0.2, 0.25) is 0 Å². The lowest BCUT2D eigenvalue weighted by molar-refractivity contribution is -0.146. The lowest BCUT2D eigenvalue weighted by Crippen LogP contribution is -2.50. The van der Waals surface area contributed by atoms with Crippen molar-refractivity contribution in [1.82, 2.24) is 14.4 Å². The molecule has 1 amide bonds. The Bertz CT molecular complexity index is 631. The maximum Gasteiger partial charge on any atom is 0.230 e. The summed E-state index contributed by atoms with van der Waals surface area (Å²) in [5.74, 6) is 0.214. The van der Waals surface area contributed by atoms with Gasteiger partial charge in [-0.25, -0.2) is 0 Å². The predicted octanol–water partition coefficient (Wildman–Crippen LogP) is 0.704. The van der Waals surface area contributed by atoms with Gasteiger partial charge in [0.05, 0.1) is 12.0 Å². The number of aliphatic hydroxyl groups excluding tert-OH is 1. The highest BCUT2D eigenvalue weighted by Gasteiger charge is 2.47. The van der Waals surface area contributed by atoms with E-state index in [1.807, 2.05) is 28.8 Å². The van der Waals surface area contributed by atoms with Crippen LogP contribution < -0.4 is 0 Å². The number of rotatable bonds is 4. The van der Waals surface area contributed by atoms with Gasteiger partial charge in [-0.05, 0) is 37.4 Å². The summed E-state index contributed by atoms with van der Waals surface area (Å²) in [6.07, 6.45) is 4.85. The number of amides is 1. The zero-order valence-electron chi connectivity index (χ0n) is 13.7. The third kappa shape index (κ3) is 2.99. The maximum atomic E-state index is 12.8. The monoisotopic (exact) mass is 316 g/mol. The number of aliphatic hydroxyl groups is 1. The van der Waals surface area contributed by atoms with Gasteiger partial charge in [0.1, 0.15) is 11.8 Å². The van der Waals surface area contributed by atoms with Crippen LogP contribution in [-0.2, 0) is 18.4 Å². The molecule has 2 fully saturated rings. The van der Waals surface area contributed by atoms with Crippen molar-refractivity contribution in [3.05, 3.63) is 23.5 Å². The van der Waals surface area contributed by atoms with Crippen molar-refractivity contribution in [1.29, 1.82) is 5.26 Å². The molecular weight excluding hydrogens is 292 g/mol. The lowest BCUT2D eigenvalue weighted by Gasteiger charge is -2.39. The molecule has 6 nitrogen and oxygen atoms in total. The van der Waals surface area contributed by atoms with Crippen molar-refractivity contribution < 1.29 is 9.90 Å². The van der Waals surface area contributed by atoms with Crippen molar-refractivity contribution in [2.45, 2.75) is 25.8 Å². The Balaban J connectivity index is 1.67. The second-order valence-electron chi connectivity index (χ2n) is 6.82. The van der Waals surface area contributed by atoms with Crippen LogP contribution in [0, 0.1) is 16.7 Å². The first kappa shape index (κ1) is 16.0. The van der Waals surface area contributed by atoms with Gasteiger partial charge in [-0.3, -0.25) is 9.69 Å². The Morgan fingerprint density at radius 3 is 2.91 bits per heavy atom. The van der Waals surface area contributed by atoms with E-state index in [1.54, 1.807) is 0 Å². The zero-order valence-corrected chi connectivity index (χ0v) is 13.7. The molecule has 1 spiro atoms. The number of hydrogen-bond donors (Lipinski definition) is 1. The number of β-amino-alcohol motifs (C(OH)–C–C–N with tert-alkyl or cyclic N) is 1. The highest BCUT2D eigenvalue weighted by molar-refractivity contribution is 5.84. The Labute approximate surface area is 136 Å². The van der Waals surface area contributed by atoms with Crippen LogP contribution in [0.25, 0.3) is 0 Å². The minimum Gasteiger partial charge on any atom is -0.395 e. The summed E-state index contributed by atoms with van der Waals surface area (Å²) in [6, 6.07) is 4.11. The summed E-state index contributed by atoms with van der Waals surface area (Å²) >= 11 is 0. The van der Waals surface area contributed by atoms with Gasteiger partial charge < -0.3 is 14.6 Å². The normalized spacial score (nSPS) is 25.3. The molecule has 0 unspecified atom stereocenters. The average molecular weight is 316 g/mol. The summed E-state index contributed by atoms with van der Waals surface area (Å²) in [6.45, 7) is 3.73. The summed E-state index contributed by atoms with van der Waals surface area (Å²) in [5.41, 5.74) is 1.52. The Morgan fingerprint density at radius 1 is 1.39 bits per heavy atom. The fourth-order valence-electron chi connectivity index (χ4n) is 4.05. The number of aryl methyl sites for hydroxylation is 1. The molecule has 3 heterocycles. The first-order valence-electron chi connectivity index (χ1n) is 8.26. The Hall–Kier alpha value is -1.84. The van der Waals surface area contributed by atoms with Gasteiger partial charge in [0.25, 0.3) is 0 Å². The molecule has 1 atom stereocenters. The number of carbonyl (C=O) groups excluding carboxylic acids is 1. The number of aromatic nitrogens is 1. The van der Waals surface area contributed by atoms with Gasteiger partial charge in [0.15, 0.2) is 0 Å². The molecule has 0 aliphatic carbocycles. The van der Waals surface area contributed by atoms with E-state index in [-0.39, 0.29) is 17.9 Å². The standard InChI is InChI=1S/C17H24N4O2/c1-19-11-14(9-15(19)10-18)12-20-6-4-17(13-20)3-2-5-21(7-8-22)16(17)23/h9,11,22H,2-8,12-13H2,1H3/t17-/m0/s1. The zero-order chi connectivity index (χ0) is 16.4. The topological polar surface area (TPSA) is 72.5 Å². The molecule has 1 N–H and O–H groups in total. The van der Waals surface area contributed by atoms with Crippen molar-refractivity contribution in [2.24, 2.45) is 12.5 Å². The second kappa shape index (κ2) is 6.34. The van der Waals surface area contributed by atoms with Gasteiger partial charge in [-0.2, -0.15) is 5.26 Å². The van der Waals surface area contributed by atoms with Gasteiger partial charge in [0, 0.05) is 39.4 Å². The molecule has 1 aromatic heterocycles. The first-order valence-corrected chi connectivity index (χ1v) is 8.26. The highest BCUT2D eigenvalue weighted by Crippen LogP contribution is 2.40. The Kier molecular flexibility index (Phi) is 4.42. The molecule has 2 saturated heterocycles. The van der Waals surface area contributed by atoms with Crippen LogP contribution in [0.5, 0.6) is 0 Å². The van der Waals surface area contributed by atoms with Crippen molar-refractivity contribution in [2.75, 3.05) is 32.8 Å². The van der Waals surface area contributed by atoms with E-state index in [4.69, 9.17) is 10.4 Å². The minimum absolute atomic E-state index is 0.0342. The van der Waals surface area contributed by atoms with Crippen LogP contribution in [-0.4, -0.2) is 58.2 Å². The number of nitriles is 1. The third-order valence-corrected chi connectivity index (χ3v) is 5.21. The van der Waals surface area contributed by atoms with E-state index in [0.29, 0.717) is 12.2 Å². The summed E-state index contributed by atoms with van der Waals surface area (Å²) in [4.78, 5) is 16.9. The quantitative estimate of drug-likeness (QED) is 0.888. The smallest absolute Gasteiger partial charge is 0.230 e. The van der Waals surface area contributed by atoms with Crippen LogP contribution in [0.4, 0.5) is 0 Å². The maximum absolute atomic E-state index is 12.8. The minimum atomic E-state index is -0.264. The number of carbonyl (C=O) groups is 1. The van der Waals surface area contributed by atoms with Crippen LogP contribution in [0.3, 0.4) is 0 Å². The summed E-state index contributed by atoms with van der Waals surface area (Å²) in [7, 11) is 1.88. The van der Waals surface area contributed by atoms with E-state index in [2.05, 4.69) is 11.0 Å². The molecular formula is C17H24N4O2. The van der Waals surface area contributed by atoms with Gasteiger partial charge in [-0.15, -0.1) is 0 Å². The molecule has 0 radical (unpaired) electrons. The van der Waals surface area contributed by atoms with E-state index in [1.165, 1.54) is 0 Å². The molecule has 2 aliphatic rings. The molecule has 3 rings (SSSR count). The molecule has 0 saturated carbocycles. The fourth-order valence-corrected chi connectivity index (χ4v) is 4.05. The van der Waals surface area contributed by atoms with Crippen molar-refractivity contribution in [3.8, 4) is 6.07 Å². The molecule has 0 aromatic carbocycles. The average Bonchev–Trinajstić information content (AvgIpc) is 3.09. The number of likely N-dealkylation sites (tertiary alicyclic amines) is 2. The van der Waals surface area contributed by atoms with Gasteiger partial charge >= 0.3 is 0 Å². The number of piperidine rings is 1. The van der Waals surface area contributed by atoms with E-state index in [9.17, 15) is 4.79 Å². The summed E-state index contributed by atoms with van der Waals surface area (Å²) < 4.78 is 1.84. The fraction of sp³-hybridized carbons (Fsp3) is 0.647. The second-order valence-corrected chi connectivity index (χ2v) is 6.82. The van der Waals surface area contributed by atoms with Crippen molar-refractivity contribution in [3.63, 3.8) is 0 Å². The lowest BCUT2D eigenvalue weighted by atomic mass is 9.78. The largest absolute Gasteiger partial charge is 0.395 e. The van der Waals surface area contributed by atoms with E-state index in [0.717, 1.165) is 51.0 Å². The van der Waals surface area contributed by atoms with Gasteiger partial charge in [-0.1, -0.05) is 0 Å². The molecule has 6 heteroatoms. The molecule has 2 aliphatic heterocycles. The van der Waals surface area contributed by atoms with Crippen LogP contribution in [0.15, 0.2) is 12.3 Å². The van der Waals surface area contributed by atoms with Gasteiger partial charge in [0.2, 0.25) is 5.91 Å². The number of nitrogens with zero attached hydrogens (tertiary/aromatic N) is 4. The van der Waals surface area contributed by atoms with Crippen LogP contribution >= 0.6 is 0 Å². The third-order valence-electron chi connectivity index (χ3n) is 5.21. The van der Waals surface area contributed by atoms with Crippen molar-refractivity contribution >= 4 is 5.91 Å². The van der Waals surface area contributed by atoms with Crippen LogP contribution in [0.1, 0.15) is 30.5 Å². The summed E-state index contributed by atoms with van der Waals surface area (Å²) in [5, 5.41) is 18.2. The Morgan fingerprint density at radius 2 is 2.22 bits per heavy atom. The molecule has 0 bridgehead atoms. The van der Waals surface area contributed by atoms with E-state index < -0.39 is 0 Å².